The number of alkyl halides is 1. The summed E-state index contributed by atoms with van der Waals surface area (Å²) in [7, 11) is 0. The van der Waals surface area contributed by atoms with Crippen molar-refractivity contribution in [3.63, 3.8) is 0 Å². The molecule has 0 aliphatic carbocycles. The Kier molecular flexibility index (Phi) is 4.33. The van der Waals surface area contributed by atoms with Crippen LogP contribution in [-0.4, -0.2) is 12.5 Å². The van der Waals surface area contributed by atoms with Gasteiger partial charge in [-0.3, -0.25) is 0 Å². The van der Waals surface area contributed by atoms with Crippen molar-refractivity contribution >= 4 is 11.6 Å². The molecule has 0 saturated carbocycles. The molecule has 0 bridgehead atoms. The van der Waals surface area contributed by atoms with Crippen molar-refractivity contribution in [2.75, 3.05) is 12.5 Å². The van der Waals surface area contributed by atoms with Gasteiger partial charge < -0.3 is 4.74 Å². The molecule has 1 aromatic rings. The molecule has 13 heavy (non-hydrogen) atoms. The molecule has 70 valence electrons. The minimum atomic E-state index is -0.261. The van der Waals surface area contributed by atoms with Gasteiger partial charge in [-0.25, -0.2) is 4.39 Å². The monoisotopic (exact) mass is 200 g/mol. The number of benzene rings is 1. The number of halogens is 2. The zero-order valence-electron chi connectivity index (χ0n) is 7.04. The van der Waals surface area contributed by atoms with Crippen LogP contribution < -0.4 is 4.74 Å². The first-order valence-corrected chi connectivity index (χ1v) is 4.45. The van der Waals surface area contributed by atoms with Crippen LogP contribution in [-0.2, 0) is 0 Å². The summed E-state index contributed by atoms with van der Waals surface area (Å²) in [5.74, 6) is 0.872. The van der Waals surface area contributed by atoms with Gasteiger partial charge in [0.25, 0.3) is 0 Å². The van der Waals surface area contributed by atoms with Gasteiger partial charge in [0.2, 0.25) is 0 Å². The zero-order valence-corrected chi connectivity index (χ0v) is 7.80. The largest absolute Gasteiger partial charge is 0.490 e. The Morgan fingerprint density at radius 1 is 1.23 bits per heavy atom. The van der Waals surface area contributed by atoms with Crippen LogP contribution in [0.15, 0.2) is 36.4 Å². The van der Waals surface area contributed by atoms with Gasteiger partial charge >= 0.3 is 0 Å². The maximum absolute atomic E-state index is 12.4. The Hall–Kier alpha value is -1.02. The first kappa shape index (κ1) is 10.1. The Bertz CT molecular complexity index is 269. The highest BCUT2D eigenvalue weighted by atomic mass is 35.5. The third-order valence-electron chi connectivity index (χ3n) is 1.42. The average molecular weight is 201 g/mol. The summed E-state index contributed by atoms with van der Waals surface area (Å²) in [5.41, 5.74) is 0. The second-order valence-corrected chi connectivity index (χ2v) is 2.70. The Morgan fingerprint density at radius 2 is 1.92 bits per heavy atom. The molecule has 1 aromatic carbocycles. The van der Waals surface area contributed by atoms with E-state index in [1.54, 1.807) is 18.2 Å². The third kappa shape index (κ3) is 3.95. The molecule has 0 atom stereocenters. The minimum Gasteiger partial charge on any atom is -0.490 e. The first-order chi connectivity index (χ1) is 6.33. The predicted octanol–water partition coefficient (Wildman–Crippen LogP) is 3.00. The van der Waals surface area contributed by atoms with E-state index in [9.17, 15) is 4.39 Å². The topological polar surface area (TPSA) is 9.23 Å². The average Bonchev–Trinajstić information content (AvgIpc) is 2.15. The lowest BCUT2D eigenvalue weighted by Crippen LogP contribution is -1.92. The molecule has 0 spiro atoms. The molecule has 0 heterocycles. The van der Waals surface area contributed by atoms with Crippen molar-refractivity contribution in [2.45, 2.75) is 0 Å². The highest BCUT2D eigenvalue weighted by molar-refractivity contribution is 6.18. The predicted molar refractivity (Wildman–Crippen MR) is 51.8 cm³/mol. The van der Waals surface area contributed by atoms with E-state index in [0.717, 1.165) is 0 Å². The zero-order chi connectivity index (χ0) is 9.52. The van der Waals surface area contributed by atoms with E-state index in [4.69, 9.17) is 16.3 Å². The molecule has 0 fully saturated rings. The maximum Gasteiger partial charge on any atom is 0.123 e. The molecule has 0 saturated heterocycles. The van der Waals surface area contributed by atoms with Crippen molar-refractivity contribution in [1.82, 2.24) is 0 Å². The van der Waals surface area contributed by atoms with Gasteiger partial charge in [-0.2, -0.15) is 0 Å². The lowest BCUT2D eigenvalue weighted by molar-refractivity contribution is 0.362. The number of hydrogen-bond donors (Lipinski definition) is 0. The quantitative estimate of drug-likeness (QED) is 0.536. The highest BCUT2D eigenvalue weighted by Gasteiger charge is 1.91. The van der Waals surface area contributed by atoms with Gasteiger partial charge in [0.1, 0.15) is 18.2 Å². The van der Waals surface area contributed by atoms with Crippen molar-refractivity contribution in [2.24, 2.45) is 0 Å². The molecule has 0 aliphatic heterocycles. The summed E-state index contributed by atoms with van der Waals surface area (Å²) >= 11 is 5.41. The van der Waals surface area contributed by atoms with Gasteiger partial charge in [-0.05, 0) is 24.3 Å². The van der Waals surface area contributed by atoms with E-state index >= 15 is 0 Å². The van der Waals surface area contributed by atoms with Gasteiger partial charge in [0, 0.05) is 5.88 Å². The number of allylic oxidation sites excluding steroid dienone is 1. The van der Waals surface area contributed by atoms with Crippen LogP contribution in [0.2, 0.25) is 0 Å². The fraction of sp³-hybridized carbons (Fsp3) is 0.200. The molecule has 1 nitrogen and oxygen atoms in total. The van der Waals surface area contributed by atoms with E-state index in [2.05, 4.69) is 0 Å². The fourth-order valence-corrected chi connectivity index (χ4v) is 0.932. The van der Waals surface area contributed by atoms with Crippen molar-refractivity contribution in [3.05, 3.63) is 42.2 Å². The fourth-order valence-electron chi connectivity index (χ4n) is 0.806. The molecule has 0 N–H and O–H groups in total. The van der Waals surface area contributed by atoms with Crippen LogP contribution in [0.3, 0.4) is 0 Å². The van der Waals surface area contributed by atoms with Crippen LogP contribution in [0.1, 0.15) is 0 Å². The highest BCUT2D eigenvalue weighted by Crippen LogP contribution is 2.10. The molecule has 0 aliphatic rings. The molecule has 0 radical (unpaired) electrons. The van der Waals surface area contributed by atoms with Gasteiger partial charge in [-0.1, -0.05) is 12.2 Å². The summed E-state index contributed by atoms with van der Waals surface area (Å²) < 4.78 is 17.7. The molecule has 0 amide bonds. The first-order valence-electron chi connectivity index (χ1n) is 3.92. The van der Waals surface area contributed by atoms with Gasteiger partial charge in [0.05, 0.1) is 0 Å². The van der Waals surface area contributed by atoms with Crippen LogP contribution in [0.25, 0.3) is 0 Å². The van der Waals surface area contributed by atoms with Crippen LogP contribution in [0.4, 0.5) is 4.39 Å². The van der Waals surface area contributed by atoms with Crippen LogP contribution in [0, 0.1) is 5.82 Å². The second-order valence-electron chi connectivity index (χ2n) is 2.39. The smallest absolute Gasteiger partial charge is 0.123 e. The van der Waals surface area contributed by atoms with Crippen LogP contribution >= 0.6 is 11.6 Å². The normalized spacial score (nSPS) is 10.6. The van der Waals surface area contributed by atoms with Gasteiger partial charge in [0.15, 0.2) is 0 Å². The standard InChI is InChI=1S/C10H10ClFO/c11-7-1-2-8-13-10-5-3-9(12)4-6-10/h1-6H,7-8H2. The second kappa shape index (κ2) is 5.60. The summed E-state index contributed by atoms with van der Waals surface area (Å²) in [6, 6.07) is 5.90. The van der Waals surface area contributed by atoms with Crippen molar-refractivity contribution < 1.29 is 9.13 Å². The molecule has 3 heteroatoms. The lowest BCUT2D eigenvalue weighted by atomic mass is 10.3. The molecule has 0 aromatic heterocycles. The Balaban J connectivity index is 2.37. The van der Waals surface area contributed by atoms with E-state index < -0.39 is 0 Å². The van der Waals surface area contributed by atoms with E-state index in [1.165, 1.54) is 12.1 Å². The molecule has 1 rings (SSSR count). The number of rotatable bonds is 4. The minimum absolute atomic E-state index is 0.261. The number of hydrogen-bond acceptors (Lipinski definition) is 1. The maximum atomic E-state index is 12.4. The van der Waals surface area contributed by atoms with Crippen LogP contribution in [0.5, 0.6) is 5.75 Å². The van der Waals surface area contributed by atoms with Crippen molar-refractivity contribution in [3.8, 4) is 5.75 Å². The Morgan fingerprint density at radius 3 is 2.54 bits per heavy atom. The molecular formula is C10H10ClFO. The summed E-state index contributed by atoms with van der Waals surface area (Å²) in [5, 5.41) is 0. The SMILES string of the molecule is Fc1ccc(OCC=CCCl)cc1. The third-order valence-corrected chi connectivity index (χ3v) is 1.59. The van der Waals surface area contributed by atoms with Crippen molar-refractivity contribution in [1.29, 1.82) is 0 Å². The summed E-state index contributed by atoms with van der Waals surface area (Å²) in [6.45, 7) is 0.457. The summed E-state index contributed by atoms with van der Waals surface area (Å²) in [4.78, 5) is 0. The molecular weight excluding hydrogens is 191 g/mol. The van der Waals surface area contributed by atoms with E-state index in [-0.39, 0.29) is 5.82 Å². The Labute approximate surface area is 81.8 Å². The summed E-state index contributed by atoms with van der Waals surface area (Å²) in [6.07, 6.45) is 3.61. The molecule has 0 unspecified atom stereocenters. The number of ether oxygens (including phenoxy) is 1. The van der Waals surface area contributed by atoms with E-state index in [0.29, 0.717) is 18.2 Å². The van der Waals surface area contributed by atoms with Gasteiger partial charge in [-0.15, -0.1) is 11.6 Å². The lowest BCUT2D eigenvalue weighted by Gasteiger charge is -2.01. The van der Waals surface area contributed by atoms with E-state index in [1.807, 2.05) is 6.08 Å².